The van der Waals surface area contributed by atoms with Gasteiger partial charge < -0.3 is 16.0 Å². The first kappa shape index (κ1) is 10.7. The molecule has 0 unspecified atom stereocenters. The van der Waals surface area contributed by atoms with E-state index in [1.54, 1.807) is 18.6 Å². The number of fused-ring (bicyclic) bond motifs is 1. The fourth-order valence-corrected chi connectivity index (χ4v) is 1.73. The Morgan fingerprint density at radius 2 is 2.17 bits per heavy atom. The highest BCUT2D eigenvalue weighted by Gasteiger charge is 2.01. The number of anilines is 2. The summed E-state index contributed by atoms with van der Waals surface area (Å²) in [7, 11) is 0. The molecule has 0 fully saturated rings. The van der Waals surface area contributed by atoms with Gasteiger partial charge >= 0.3 is 0 Å². The van der Waals surface area contributed by atoms with Gasteiger partial charge in [0.2, 0.25) is 0 Å². The van der Waals surface area contributed by atoms with E-state index in [4.69, 9.17) is 5.73 Å². The second-order valence-electron chi connectivity index (χ2n) is 3.82. The Kier molecular flexibility index (Phi) is 2.62. The van der Waals surface area contributed by atoms with E-state index in [-0.39, 0.29) is 0 Å². The van der Waals surface area contributed by atoms with Crippen molar-refractivity contribution in [1.82, 2.24) is 19.9 Å². The molecule has 6 heteroatoms. The Morgan fingerprint density at radius 3 is 3.06 bits per heavy atom. The van der Waals surface area contributed by atoms with E-state index < -0.39 is 0 Å². The fraction of sp³-hybridized carbons (Fsp3) is 0.0833. The van der Waals surface area contributed by atoms with Crippen molar-refractivity contribution in [3.63, 3.8) is 0 Å². The number of imidazole rings is 1. The van der Waals surface area contributed by atoms with Gasteiger partial charge in [-0.2, -0.15) is 0 Å². The van der Waals surface area contributed by atoms with E-state index in [2.05, 4.69) is 25.3 Å². The second kappa shape index (κ2) is 4.42. The maximum absolute atomic E-state index is 5.51. The molecule has 0 amide bonds. The molecular weight excluding hydrogens is 228 g/mol. The molecule has 2 heterocycles. The van der Waals surface area contributed by atoms with Crippen LogP contribution in [-0.2, 0) is 6.54 Å². The van der Waals surface area contributed by atoms with Gasteiger partial charge in [0, 0.05) is 11.9 Å². The van der Waals surface area contributed by atoms with Gasteiger partial charge in [-0.15, -0.1) is 0 Å². The minimum Gasteiger partial charge on any atom is -0.345 e. The van der Waals surface area contributed by atoms with Crippen LogP contribution in [0.1, 0.15) is 5.82 Å². The van der Waals surface area contributed by atoms with Crippen LogP contribution in [0, 0.1) is 0 Å². The van der Waals surface area contributed by atoms with Gasteiger partial charge in [0.25, 0.3) is 0 Å². The molecule has 0 aliphatic rings. The van der Waals surface area contributed by atoms with Gasteiger partial charge in [-0.3, -0.25) is 0 Å². The number of hydrogen-bond acceptors (Lipinski definition) is 5. The number of rotatable bonds is 3. The topological polar surface area (TPSA) is 92.5 Å². The molecule has 1 aromatic carbocycles. The first-order chi connectivity index (χ1) is 8.85. The monoisotopic (exact) mass is 240 g/mol. The van der Waals surface area contributed by atoms with Gasteiger partial charge in [0.05, 0.1) is 23.9 Å². The predicted molar refractivity (Wildman–Crippen MR) is 69.3 cm³/mol. The third kappa shape index (κ3) is 2.01. The Labute approximate surface area is 103 Å². The Morgan fingerprint density at radius 1 is 1.22 bits per heavy atom. The number of aromatic amines is 1. The van der Waals surface area contributed by atoms with Gasteiger partial charge in [-0.1, -0.05) is 0 Å². The molecular formula is C12H12N6. The molecule has 0 spiro atoms. The normalized spacial score (nSPS) is 10.7. The second-order valence-corrected chi connectivity index (χ2v) is 3.82. The lowest BCUT2D eigenvalue weighted by molar-refractivity contribution is 0.912. The lowest BCUT2D eigenvalue weighted by Crippen LogP contribution is -2.04. The molecule has 4 N–H and O–H groups in total. The zero-order valence-electron chi connectivity index (χ0n) is 9.59. The molecule has 3 aromatic rings. The van der Waals surface area contributed by atoms with E-state index in [1.807, 2.05) is 18.2 Å². The number of hydrogen-bond donors (Lipinski definition) is 3. The van der Waals surface area contributed by atoms with Gasteiger partial charge in [0.1, 0.15) is 11.6 Å². The summed E-state index contributed by atoms with van der Waals surface area (Å²) in [6.07, 6.45) is 3.36. The standard InChI is InChI=1S/C12H12N6/c13-6-12-14-4-3-11(18-12)17-8-1-2-9-10(5-8)16-7-15-9/h1-5,7H,6,13H2,(H,15,16)(H,14,17,18). The highest BCUT2D eigenvalue weighted by atomic mass is 15.0. The van der Waals surface area contributed by atoms with Crippen LogP contribution in [0.25, 0.3) is 11.0 Å². The minimum atomic E-state index is 0.328. The number of aromatic nitrogens is 4. The van der Waals surface area contributed by atoms with Crippen LogP contribution in [0.5, 0.6) is 0 Å². The molecule has 0 aliphatic heterocycles. The SMILES string of the molecule is NCc1nccc(Nc2ccc3nc[nH]c3c2)n1. The summed E-state index contributed by atoms with van der Waals surface area (Å²) in [5, 5.41) is 3.21. The van der Waals surface area contributed by atoms with Gasteiger partial charge in [0.15, 0.2) is 0 Å². The molecule has 90 valence electrons. The molecule has 0 radical (unpaired) electrons. The van der Waals surface area contributed by atoms with Crippen molar-refractivity contribution in [1.29, 1.82) is 0 Å². The highest BCUT2D eigenvalue weighted by Crippen LogP contribution is 2.18. The minimum absolute atomic E-state index is 0.328. The maximum Gasteiger partial charge on any atom is 0.144 e. The number of nitrogens with zero attached hydrogens (tertiary/aromatic N) is 3. The molecule has 0 saturated carbocycles. The van der Waals surface area contributed by atoms with E-state index >= 15 is 0 Å². The lowest BCUT2D eigenvalue weighted by atomic mass is 10.3. The van der Waals surface area contributed by atoms with Crippen LogP contribution >= 0.6 is 0 Å². The van der Waals surface area contributed by atoms with E-state index in [1.165, 1.54) is 0 Å². The van der Waals surface area contributed by atoms with Gasteiger partial charge in [-0.05, 0) is 24.3 Å². The zero-order chi connectivity index (χ0) is 12.4. The molecule has 2 aromatic heterocycles. The first-order valence-electron chi connectivity index (χ1n) is 5.57. The maximum atomic E-state index is 5.51. The fourth-order valence-electron chi connectivity index (χ4n) is 1.73. The number of nitrogens with one attached hydrogen (secondary N) is 2. The lowest BCUT2D eigenvalue weighted by Gasteiger charge is -2.06. The zero-order valence-corrected chi connectivity index (χ0v) is 9.59. The van der Waals surface area contributed by atoms with Gasteiger partial charge in [-0.25, -0.2) is 15.0 Å². The first-order valence-corrected chi connectivity index (χ1v) is 5.57. The van der Waals surface area contributed by atoms with Crippen molar-refractivity contribution in [3.8, 4) is 0 Å². The Bertz CT molecular complexity index is 675. The van der Waals surface area contributed by atoms with Crippen molar-refractivity contribution in [3.05, 3.63) is 42.6 Å². The summed E-state index contributed by atoms with van der Waals surface area (Å²) in [5.74, 6) is 1.34. The molecule has 0 saturated heterocycles. The summed E-state index contributed by atoms with van der Waals surface area (Å²) in [6, 6.07) is 7.68. The van der Waals surface area contributed by atoms with Crippen LogP contribution in [0.15, 0.2) is 36.8 Å². The quantitative estimate of drug-likeness (QED) is 0.646. The van der Waals surface area contributed by atoms with Crippen molar-refractivity contribution in [2.75, 3.05) is 5.32 Å². The summed E-state index contributed by atoms with van der Waals surface area (Å²) >= 11 is 0. The van der Waals surface area contributed by atoms with Crippen molar-refractivity contribution < 1.29 is 0 Å². The van der Waals surface area contributed by atoms with Crippen molar-refractivity contribution in [2.24, 2.45) is 5.73 Å². The molecule has 6 nitrogen and oxygen atoms in total. The van der Waals surface area contributed by atoms with Crippen LogP contribution < -0.4 is 11.1 Å². The summed E-state index contributed by atoms with van der Waals surface area (Å²) in [6.45, 7) is 0.328. The van der Waals surface area contributed by atoms with E-state index in [0.717, 1.165) is 22.5 Å². The van der Waals surface area contributed by atoms with Crippen LogP contribution in [0.4, 0.5) is 11.5 Å². The van der Waals surface area contributed by atoms with Crippen LogP contribution in [-0.4, -0.2) is 19.9 Å². The number of nitrogens with two attached hydrogens (primary N) is 1. The highest BCUT2D eigenvalue weighted by molar-refractivity contribution is 5.79. The molecule has 18 heavy (non-hydrogen) atoms. The average Bonchev–Trinajstić information content (AvgIpc) is 2.86. The third-order valence-electron chi connectivity index (χ3n) is 2.58. The molecule has 0 bridgehead atoms. The van der Waals surface area contributed by atoms with E-state index in [9.17, 15) is 0 Å². The molecule has 0 aliphatic carbocycles. The average molecular weight is 240 g/mol. The number of H-pyrrole nitrogens is 1. The van der Waals surface area contributed by atoms with Crippen molar-refractivity contribution >= 4 is 22.5 Å². The Hall–Kier alpha value is -2.47. The largest absolute Gasteiger partial charge is 0.345 e. The van der Waals surface area contributed by atoms with Crippen molar-refractivity contribution in [2.45, 2.75) is 6.54 Å². The smallest absolute Gasteiger partial charge is 0.144 e. The number of benzene rings is 1. The molecule has 3 rings (SSSR count). The van der Waals surface area contributed by atoms with Crippen LogP contribution in [0.2, 0.25) is 0 Å². The van der Waals surface area contributed by atoms with Crippen LogP contribution in [0.3, 0.4) is 0 Å². The summed E-state index contributed by atoms with van der Waals surface area (Å²) in [4.78, 5) is 15.6. The Balaban J connectivity index is 1.90. The molecule has 0 atom stereocenters. The van der Waals surface area contributed by atoms with E-state index in [0.29, 0.717) is 12.4 Å². The third-order valence-corrected chi connectivity index (χ3v) is 2.58. The summed E-state index contributed by atoms with van der Waals surface area (Å²) in [5.41, 5.74) is 8.36. The predicted octanol–water partition coefficient (Wildman–Crippen LogP) is 1.56. The summed E-state index contributed by atoms with van der Waals surface area (Å²) < 4.78 is 0.